The van der Waals surface area contributed by atoms with Gasteiger partial charge in [-0.1, -0.05) is 55.5 Å². The average molecular weight is 285 g/mol. The lowest BCUT2D eigenvalue weighted by molar-refractivity contribution is 0.403. The van der Waals surface area contributed by atoms with Crippen LogP contribution in [0.1, 0.15) is 24.9 Å². The maximum Gasteiger partial charge on any atom is 0.0343 e. The molecule has 0 spiro atoms. The topological polar surface area (TPSA) is 12.0 Å². The Balaban J connectivity index is 1.85. The van der Waals surface area contributed by atoms with E-state index in [1.54, 1.807) is 0 Å². The highest BCUT2D eigenvalue weighted by molar-refractivity contribution is 7.99. The fraction of sp³-hybridized carbons (Fsp3) is 0.333. The van der Waals surface area contributed by atoms with Crippen LogP contribution in [0.4, 0.5) is 0 Å². The van der Waals surface area contributed by atoms with Crippen molar-refractivity contribution >= 4 is 11.8 Å². The van der Waals surface area contributed by atoms with Gasteiger partial charge in [-0.3, -0.25) is 0 Å². The molecule has 106 valence electrons. The quantitative estimate of drug-likeness (QED) is 0.736. The molecule has 2 unspecified atom stereocenters. The molecule has 2 aromatic rings. The molecule has 1 N–H and O–H groups in total. The third-order valence-corrected chi connectivity index (χ3v) is 4.67. The fourth-order valence-corrected chi connectivity index (χ4v) is 3.56. The average Bonchev–Trinajstić information content (AvgIpc) is 2.50. The van der Waals surface area contributed by atoms with Gasteiger partial charge in [0.1, 0.15) is 0 Å². The van der Waals surface area contributed by atoms with Gasteiger partial charge >= 0.3 is 0 Å². The maximum absolute atomic E-state index is 3.46. The van der Waals surface area contributed by atoms with Crippen molar-refractivity contribution in [2.24, 2.45) is 5.92 Å². The molecule has 0 heterocycles. The number of hydrogen-bond acceptors (Lipinski definition) is 2. The van der Waals surface area contributed by atoms with Crippen LogP contribution in [-0.2, 0) is 0 Å². The van der Waals surface area contributed by atoms with Crippen molar-refractivity contribution < 1.29 is 0 Å². The minimum Gasteiger partial charge on any atom is -0.313 e. The highest BCUT2D eigenvalue weighted by Crippen LogP contribution is 2.27. The molecule has 0 saturated heterocycles. The summed E-state index contributed by atoms with van der Waals surface area (Å²) in [5.41, 5.74) is 1.38. The molecule has 0 amide bonds. The predicted octanol–water partition coefficient (Wildman–Crippen LogP) is 4.77. The maximum atomic E-state index is 3.46. The van der Waals surface area contributed by atoms with Crippen molar-refractivity contribution in [3.63, 3.8) is 0 Å². The van der Waals surface area contributed by atoms with Crippen LogP contribution in [0.2, 0.25) is 0 Å². The van der Waals surface area contributed by atoms with Crippen molar-refractivity contribution in [1.29, 1.82) is 0 Å². The van der Waals surface area contributed by atoms with E-state index in [-0.39, 0.29) is 0 Å². The first kappa shape index (κ1) is 15.1. The van der Waals surface area contributed by atoms with Crippen LogP contribution in [0.25, 0.3) is 0 Å². The molecule has 2 atom stereocenters. The molecule has 0 radical (unpaired) electrons. The Hall–Kier alpha value is -1.25. The van der Waals surface area contributed by atoms with Crippen LogP contribution in [0.3, 0.4) is 0 Å². The smallest absolute Gasteiger partial charge is 0.0343 e. The molecule has 2 rings (SSSR count). The Morgan fingerprint density at radius 3 is 2.15 bits per heavy atom. The second kappa shape index (κ2) is 8.13. The Kier molecular flexibility index (Phi) is 6.16. The summed E-state index contributed by atoms with van der Waals surface area (Å²) in [5.74, 6) is 1.79. The molecular formula is C18H23NS. The zero-order valence-electron chi connectivity index (χ0n) is 12.3. The number of nitrogens with one attached hydrogen (secondary N) is 1. The highest BCUT2D eigenvalue weighted by atomic mass is 32.2. The van der Waals surface area contributed by atoms with E-state index in [1.165, 1.54) is 16.9 Å². The second-order valence-corrected chi connectivity index (χ2v) is 6.27. The first-order valence-electron chi connectivity index (χ1n) is 7.21. The summed E-state index contributed by atoms with van der Waals surface area (Å²) in [7, 11) is 2.05. The monoisotopic (exact) mass is 285 g/mol. The minimum atomic E-state index is 0.438. The summed E-state index contributed by atoms with van der Waals surface area (Å²) in [6.07, 6.45) is 1.21. The van der Waals surface area contributed by atoms with Crippen molar-refractivity contribution in [2.75, 3.05) is 12.8 Å². The number of rotatable bonds is 7. The van der Waals surface area contributed by atoms with E-state index >= 15 is 0 Å². The van der Waals surface area contributed by atoms with Gasteiger partial charge in [-0.25, -0.2) is 0 Å². The zero-order valence-corrected chi connectivity index (χ0v) is 13.1. The van der Waals surface area contributed by atoms with E-state index in [1.807, 2.05) is 11.8 Å². The summed E-state index contributed by atoms with van der Waals surface area (Å²) in [4.78, 5) is 1.36. The normalized spacial score (nSPS) is 13.9. The first-order chi connectivity index (χ1) is 9.81. The zero-order chi connectivity index (χ0) is 14.2. The van der Waals surface area contributed by atoms with E-state index in [9.17, 15) is 0 Å². The Morgan fingerprint density at radius 1 is 0.950 bits per heavy atom. The fourth-order valence-electron chi connectivity index (χ4n) is 2.49. The molecule has 2 aromatic carbocycles. The van der Waals surface area contributed by atoms with E-state index < -0.39 is 0 Å². The van der Waals surface area contributed by atoms with Gasteiger partial charge in [-0.2, -0.15) is 0 Å². The lowest BCUT2D eigenvalue weighted by atomic mass is 9.93. The van der Waals surface area contributed by atoms with Crippen LogP contribution >= 0.6 is 11.8 Å². The van der Waals surface area contributed by atoms with Crippen LogP contribution in [-0.4, -0.2) is 12.8 Å². The van der Waals surface area contributed by atoms with Gasteiger partial charge < -0.3 is 5.32 Å². The largest absolute Gasteiger partial charge is 0.313 e. The third-order valence-electron chi connectivity index (χ3n) is 3.62. The van der Waals surface area contributed by atoms with Gasteiger partial charge in [-0.15, -0.1) is 11.8 Å². The van der Waals surface area contributed by atoms with Crippen LogP contribution in [0, 0.1) is 5.92 Å². The predicted molar refractivity (Wildman–Crippen MR) is 89.2 cm³/mol. The van der Waals surface area contributed by atoms with E-state index in [0.717, 1.165) is 5.75 Å². The highest BCUT2D eigenvalue weighted by Gasteiger charge is 2.16. The van der Waals surface area contributed by atoms with Crippen molar-refractivity contribution in [1.82, 2.24) is 5.32 Å². The molecule has 0 aromatic heterocycles. The summed E-state index contributed by atoms with van der Waals surface area (Å²) in [5, 5.41) is 3.46. The van der Waals surface area contributed by atoms with Gasteiger partial charge in [0, 0.05) is 10.9 Å². The van der Waals surface area contributed by atoms with Gasteiger partial charge in [0.05, 0.1) is 0 Å². The SMILES string of the molecule is CNC(c1ccccc1)C(C)CCSc1ccccc1. The summed E-state index contributed by atoms with van der Waals surface area (Å²) >= 11 is 1.94. The lowest BCUT2D eigenvalue weighted by Crippen LogP contribution is -2.23. The Labute approximate surface area is 126 Å². The summed E-state index contributed by atoms with van der Waals surface area (Å²) in [6, 6.07) is 21.8. The van der Waals surface area contributed by atoms with Crippen molar-refractivity contribution in [3.05, 3.63) is 66.2 Å². The molecule has 2 heteroatoms. The second-order valence-electron chi connectivity index (χ2n) is 5.10. The van der Waals surface area contributed by atoms with Crippen LogP contribution in [0.5, 0.6) is 0 Å². The number of thioether (sulfide) groups is 1. The molecule has 0 bridgehead atoms. The van der Waals surface area contributed by atoms with E-state index in [4.69, 9.17) is 0 Å². The minimum absolute atomic E-state index is 0.438. The number of hydrogen-bond donors (Lipinski definition) is 1. The molecule has 1 nitrogen and oxygen atoms in total. The van der Waals surface area contributed by atoms with Gasteiger partial charge in [0.25, 0.3) is 0 Å². The van der Waals surface area contributed by atoms with Crippen molar-refractivity contribution in [2.45, 2.75) is 24.3 Å². The van der Waals surface area contributed by atoms with E-state index in [2.05, 4.69) is 80.0 Å². The molecule has 20 heavy (non-hydrogen) atoms. The lowest BCUT2D eigenvalue weighted by Gasteiger charge is -2.24. The standard InChI is InChI=1S/C18H23NS/c1-15(13-14-20-17-11-7-4-8-12-17)18(19-2)16-9-5-3-6-10-16/h3-12,15,18-19H,13-14H2,1-2H3. The molecule has 0 aliphatic rings. The number of benzene rings is 2. The molecule has 0 fully saturated rings. The van der Waals surface area contributed by atoms with E-state index in [0.29, 0.717) is 12.0 Å². The van der Waals surface area contributed by atoms with Gasteiger partial charge in [0.2, 0.25) is 0 Å². The molecule has 0 aliphatic heterocycles. The first-order valence-corrected chi connectivity index (χ1v) is 8.20. The van der Waals surface area contributed by atoms with Crippen LogP contribution in [0.15, 0.2) is 65.6 Å². The Morgan fingerprint density at radius 2 is 1.55 bits per heavy atom. The summed E-state index contributed by atoms with van der Waals surface area (Å²) < 4.78 is 0. The van der Waals surface area contributed by atoms with Crippen molar-refractivity contribution in [3.8, 4) is 0 Å². The molecule has 0 aliphatic carbocycles. The van der Waals surface area contributed by atoms with Gasteiger partial charge in [-0.05, 0) is 42.8 Å². The third kappa shape index (κ3) is 4.39. The molecule has 0 saturated carbocycles. The Bertz CT molecular complexity index is 483. The van der Waals surface area contributed by atoms with Gasteiger partial charge in [0.15, 0.2) is 0 Å². The van der Waals surface area contributed by atoms with Crippen LogP contribution < -0.4 is 5.32 Å². The summed E-state index contributed by atoms with van der Waals surface area (Å²) in [6.45, 7) is 2.33. The molecular weight excluding hydrogens is 262 g/mol.